The average Bonchev–Trinajstić information content (AvgIpc) is 3.18. The third-order valence-electron chi connectivity index (χ3n) is 5.54. The van der Waals surface area contributed by atoms with E-state index in [1.54, 1.807) is 0 Å². The minimum Gasteiger partial charge on any atom is -0.433 e. The fourth-order valence-electron chi connectivity index (χ4n) is 4.24. The molecule has 1 spiro atoms. The topological polar surface area (TPSA) is 50.1 Å². The number of halogens is 1. The molecule has 1 aromatic rings. The Bertz CT molecular complexity index is 595. The summed E-state index contributed by atoms with van der Waals surface area (Å²) in [4.78, 5) is 0. The molecule has 4 rings (SSSR count). The molecule has 0 aromatic carbocycles. The van der Waals surface area contributed by atoms with E-state index in [0.717, 1.165) is 44.1 Å². The van der Waals surface area contributed by atoms with E-state index in [0.29, 0.717) is 5.76 Å². The second-order valence-corrected chi connectivity index (χ2v) is 7.44. The minimum atomic E-state index is -0.580. The van der Waals surface area contributed by atoms with Gasteiger partial charge in [0.1, 0.15) is 24.6 Å². The average molecular weight is 354 g/mol. The van der Waals surface area contributed by atoms with Crippen LogP contribution in [0.2, 0.25) is 0 Å². The van der Waals surface area contributed by atoms with E-state index < -0.39 is 11.8 Å². The molecular weight excluding hydrogens is 327 g/mol. The third kappa shape index (κ3) is 3.37. The van der Waals surface area contributed by atoms with Gasteiger partial charge in [-0.15, -0.1) is 0 Å². The Labute approximate surface area is 147 Å². The van der Waals surface area contributed by atoms with E-state index >= 15 is 0 Å². The molecule has 0 bridgehead atoms. The van der Waals surface area contributed by atoms with Gasteiger partial charge in [-0.25, -0.2) is 0 Å². The predicted molar refractivity (Wildman–Crippen MR) is 87.3 cm³/mol. The summed E-state index contributed by atoms with van der Waals surface area (Å²) in [5, 5.41) is 0. The second kappa shape index (κ2) is 6.99. The van der Waals surface area contributed by atoms with Crippen molar-refractivity contribution in [3.63, 3.8) is 0 Å². The maximum atomic E-state index is 13.2. The van der Waals surface area contributed by atoms with Gasteiger partial charge >= 0.3 is 0 Å². The van der Waals surface area contributed by atoms with Crippen molar-refractivity contribution >= 4 is 0 Å². The monoisotopic (exact) mass is 354 g/mol. The molecule has 5 nitrogen and oxygen atoms in total. The van der Waals surface area contributed by atoms with E-state index in [2.05, 4.69) is 6.92 Å². The normalized spacial score (nSPS) is 33.9. The van der Waals surface area contributed by atoms with Crippen LogP contribution in [0.3, 0.4) is 0 Å². The van der Waals surface area contributed by atoms with Crippen LogP contribution in [0.1, 0.15) is 63.2 Å². The zero-order valence-electron chi connectivity index (χ0n) is 15.0. The van der Waals surface area contributed by atoms with E-state index in [1.807, 2.05) is 6.92 Å². The molecule has 0 unspecified atom stereocenters. The van der Waals surface area contributed by atoms with Gasteiger partial charge in [-0.2, -0.15) is 4.39 Å². The maximum absolute atomic E-state index is 13.2. The van der Waals surface area contributed by atoms with Crippen LogP contribution < -0.4 is 0 Å². The minimum absolute atomic E-state index is 0.0685. The van der Waals surface area contributed by atoms with Crippen molar-refractivity contribution in [3.8, 4) is 0 Å². The van der Waals surface area contributed by atoms with E-state index in [9.17, 15) is 4.39 Å². The van der Waals surface area contributed by atoms with Gasteiger partial charge < -0.3 is 23.4 Å². The SMILES string of the molecule is CCC[C@H]1O[C@@H]2OC3(CCCCC3)O[C@@H]2[C@H]1OCc1oc(F)cc1C. The van der Waals surface area contributed by atoms with Gasteiger partial charge in [0.15, 0.2) is 12.1 Å². The van der Waals surface area contributed by atoms with E-state index in [1.165, 1.54) is 12.5 Å². The van der Waals surface area contributed by atoms with Gasteiger partial charge in [-0.05, 0) is 31.7 Å². The highest BCUT2D eigenvalue weighted by Gasteiger charge is 2.58. The number of hydrogen-bond donors (Lipinski definition) is 0. The lowest BCUT2D eigenvalue weighted by molar-refractivity contribution is -0.249. The summed E-state index contributed by atoms with van der Waals surface area (Å²) >= 11 is 0. The van der Waals surface area contributed by atoms with Crippen molar-refractivity contribution in [2.75, 3.05) is 0 Å². The summed E-state index contributed by atoms with van der Waals surface area (Å²) in [6.45, 7) is 4.14. The van der Waals surface area contributed by atoms with Crippen LogP contribution in [0.15, 0.2) is 10.5 Å². The first-order valence-electron chi connectivity index (χ1n) is 9.48. The van der Waals surface area contributed by atoms with Crippen molar-refractivity contribution in [1.29, 1.82) is 0 Å². The van der Waals surface area contributed by atoms with Crippen molar-refractivity contribution in [2.24, 2.45) is 0 Å². The molecular formula is C19H27FO5. The summed E-state index contributed by atoms with van der Waals surface area (Å²) in [5.41, 5.74) is 0.757. The smallest absolute Gasteiger partial charge is 0.278 e. The first kappa shape index (κ1) is 17.5. The number of hydrogen-bond acceptors (Lipinski definition) is 5. The highest BCUT2D eigenvalue weighted by Crippen LogP contribution is 2.46. The van der Waals surface area contributed by atoms with Crippen LogP contribution in [0.4, 0.5) is 4.39 Å². The first-order valence-corrected chi connectivity index (χ1v) is 9.48. The summed E-state index contributed by atoms with van der Waals surface area (Å²) in [5.74, 6) is 0.0153. The molecule has 1 aliphatic carbocycles. The highest BCUT2D eigenvalue weighted by molar-refractivity contribution is 5.14. The zero-order valence-corrected chi connectivity index (χ0v) is 15.0. The summed E-state index contributed by atoms with van der Waals surface area (Å²) in [6, 6.07) is 0.797. The number of rotatable bonds is 5. The lowest BCUT2D eigenvalue weighted by atomic mass is 9.94. The zero-order chi connectivity index (χ0) is 17.4. The first-order chi connectivity index (χ1) is 12.1. The summed E-state index contributed by atoms with van der Waals surface area (Å²) < 4.78 is 43.1. The van der Waals surface area contributed by atoms with Crippen molar-refractivity contribution in [2.45, 2.75) is 95.8 Å². The predicted octanol–water partition coefficient (Wildman–Crippen LogP) is 4.21. The van der Waals surface area contributed by atoms with Crippen molar-refractivity contribution in [1.82, 2.24) is 0 Å². The largest absolute Gasteiger partial charge is 0.433 e. The molecule has 0 amide bonds. The van der Waals surface area contributed by atoms with E-state index in [4.69, 9.17) is 23.4 Å². The van der Waals surface area contributed by atoms with Gasteiger partial charge in [0.05, 0.1) is 6.10 Å². The number of fused-ring (bicyclic) bond motifs is 1. The Morgan fingerprint density at radius 2 is 2.04 bits per heavy atom. The fourth-order valence-corrected chi connectivity index (χ4v) is 4.24. The molecule has 1 aromatic heterocycles. The molecule has 140 valence electrons. The molecule has 0 radical (unpaired) electrons. The number of ether oxygens (including phenoxy) is 4. The van der Waals surface area contributed by atoms with Crippen LogP contribution in [-0.2, 0) is 25.6 Å². The van der Waals surface area contributed by atoms with Gasteiger partial charge in [0.2, 0.25) is 0 Å². The Hall–Kier alpha value is -0.950. The molecule has 3 fully saturated rings. The molecule has 6 heteroatoms. The van der Waals surface area contributed by atoms with Crippen LogP contribution >= 0.6 is 0 Å². The van der Waals surface area contributed by atoms with Crippen LogP contribution in [0, 0.1) is 12.9 Å². The lowest BCUT2D eigenvalue weighted by Gasteiger charge is -2.34. The van der Waals surface area contributed by atoms with Crippen molar-refractivity contribution in [3.05, 3.63) is 23.4 Å². The number of aryl methyl sites for hydroxylation is 1. The molecule has 2 aliphatic heterocycles. The molecule has 3 heterocycles. The van der Waals surface area contributed by atoms with Gasteiger partial charge in [0, 0.05) is 18.9 Å². The van der Waals surface area contributed by atoms with Crippen LogP contribution in [0.5, 0.6) is 0 Å². The third-order valence-corrected chi connectivity index (χ3v) is 5.54. The van der Waals surface area contributed by atoms with Crippen LogP contribution in [-0.4, -0.2) is 30.4 Å². The quantitative estimate of drug-likeness (QED) is 0.793. The lowest BCUT2D eigenvalue weighted by Crippen LogP contribution is -2.40. The summed E-state index contributed by atoms with van der Waals surface area (Å²) in [7, 11) is 0. The Morgan fingerprint density at radius 3 is 2.72 bits per heavy atom. The molecule has 4 atom stereocenters. The molecule has 3 aliphatic rings. The molecule has 25 heavy (non-hydrogen) atoms. The Morgan fingerprint density at radius 1 is 1.24 bits per heavy atom. The standard InChI is InChI=1S/C19H27FO5/c1-3-7-13-16(21-11-14-12(2)10-15(20)22-14)17-18(23-13)25-19(24-17)8-5-4-6-9-19/h10,13,16-18H,3-9,11H2,1-2H3/t13-,16+,17-,18-/m1/s1. The van der Waals surface area contributed by atoms with Gasteiger partial charge in [-0.1, -0.05) is 19.8 Å². The Balaban J connectivity index is 1.46. The van der Waals surface area contributed by atoms with Gasteiger partial charge in [-0.3, -0.25) is 0 Å². The molecule has 2 saturated heterocycles. The molecule has 0 N–H and O–H groups in total. The maximum Gasteiger partial charge on any atom is 0.278 e. The summed E-state index contributed by atoms with van der Waals surface area (Å²) in [6.07, 6.45) is 6.28. The Kier molecular flexibility index (Phi) is 4.88. The highest BCUT2D eigenvalue weighted by atomic mass is 19.1. The second-order valence-electron chi connectivity index (χ2n) is 7.44. The van der Waals surface area contributed by atoms with Gasteiger partial charge in [0.25, 0.3) is 6.01 Å². The van der Waals surface area contributed by atoms with Crippen LogP contribution in [0.25, 0.3) is 0 Å². The number of furan rings is 1. The van der Waals surface area contributed by atoms with Crippen molar-refractivity contribution < 1.29 is 27.8 Å². The van der Waals surface area contributed by atoms with E-state index in [-0.39, 0.29) is 31.2 Å². The molecule has 1 saturated carbocycles. The fraction of sp³-hybridized carbons (Fsp3) is 0.789.